The van der Waals surface area contributed by atoms with Gasteiger partial charge in [0.2, 0.25) is 11.8 Å². The first-order chi connectivity index (χ1) is 12.2. The maximum Gasteiger partial charge on any atom is 0.250 e. The molecule has 1 aliphatic carbocycles. The van der Waals surface area contributed by atoms with Crippen molar-refractivity contribution in [3.05, 3.63) is 47.7 Å². The SMILES string of the molecule is C[C@@H]1c2nnc(COc3ccccn3)n2CCN1C(=O)C1=CCCC1. The van der Waals surface area contributed by atoms with Gasteiger partial charge in [-0.2, -0.15) is 0 Å². The predicted molar refractivity (Wildman–Crippen MR) is 90.7 cm³/mol. The molecule has 2 aromatic heterocycles. The number of amides is 1. The Bertz CT molecular complexity index is 799. The molecular weight excluding hydrogens is 318 g/mol. The van der Waals surface area contributed by atoms with Crippen LogP contribution in [0.1, 0.15) is 43.9 Å². The summed E-state index contributed by atoms with van der Waals surface area (Å²) in [6.07, 6.45) is 6.74. The second-order valence-corrected chi connectivity index (χ2v) is 6.38. The number of hydrogen-bond donors (Lipinski definition) is 0. The van der Waals surface area contributed by atoms with E-state index < -0.39 is 0 Å². The van der Waals surface area contributed by atoms with Crippen LogP contribution in [0, 0.1) is 0 Å². The number of aromatic nitrogens is 4. The van der Waals surface area contributed by atoms with E-state index in [1.165, 1.54) is 0 Å². The number of carbonyl (C=O) groups is 1. The van der Waals surface area contributed by atoms with E-state index in [0.29, 0.717) is 25.6 Å². The lowest BCUT2D eigenvalue weighted by atomic mass is 10.1. The van der Waals surface area contributed by atoms with Crippen LogP contribution in [-0.2, 0) is 17.9 Å². The molecule has 0 N–H and O–H groups in total. The van der Waals surface area contributed by atoms with Gasteiger partial charge in [-0.25, -0.2) is 4.98 Å². The molecule has 7 nitrogen and oxygen atoms in total. The fraction of sp³-hybridized carbons (Fsp3) is 0.444. The van der Waals surface area contributed by atoms with Gasteiger partial charge in [-0.15, -0.1) is 10.2 Å². The zero-order valence-electron chi connectivity index (χ0n) is 14.3. The van der Waals surface area contributed by atoms with Gasteiger partial charge in [0.1, 0.15) is 6.61 Å². The standard InChI is InChI=1S/C18H21N5O2/c1-13-17-21-20-15(12-25-16-8-4-5-9-19-16)23(17)11-10-22(13)18(24)14-6-2-3-7-14/h4-6,8-9,13H,2-3,7,10-12H2,1H3/t13-/m1/s1. The lowest BCUT2D eigenvalue weighted by Crippen LogP contribution is -2.42. The summed E-state index contributed by atoms with van der Waals surface area (Å²) in [5.74, 6) is 2.29. The van der Waals surface area contributed by atoms with Gasteiger partial charge < -0.3 is 14.2 Å². The van der Waals surface area contributed by atoms with Crippen molar-refractivity contribution in [3.8, 4) is 5.88 Å². The highest BCUT2D eigenvalue weighted by Crippen LogP contribution is 2.28. The molecule has 0 spiro atoms. The van der Waals surface area contributed by atoms with Crippen LogP contribution in [0.5, 0.6) is 5.88 Å². The summed E-state index contributed by atoms with van der Waals surface area (Å²) < 4.78 is 7.74. The first kappa shape index (κ1) is 15.8. The van der Waals surface area contributed by atoms with E-state index in [9.17, 15) is 4.79 Å². The largest absolute Gasteiger partial charge is 0.469 e. The summed E-state index contributed by atoms with van der Waals surface area (Å²) in [7, 11) is 0. The fourth-order valence-corrected chi connectivity index (χ4v) is 3.45. The van der Waals surface area contributed by atoms with Gasteiger partial charge in [-0.1, -0.05) is 12.1 Å². The van der Waals surface area contributed by atoms with E-state index in [4.69, 9.17) is 4.74 Å². The Balaban J connectivity index is 1.48. The smallest absolute Gasteiger partial charge is 0.250 e. The average Bonchev–Trinajstić information content (AvgIpc) is 3.31. The lowest BCUT2D eigenvalue weighted by molar-refractivity contribution is -0.130. The number of carbonyl (C=O) groups excluding carboxylic acids is 1. The Hall–Kier alpha value is -2.70. The van der Waals surface area contributed by atoms with E-state index in [0.717, 1.165) is 36.5 Å². The molecule has 2 aliphatic rings. The highest BCUT2D eigenvalue weighted by atomic mass is 16.5. The van der Waals surface area contributed by atoms with Crippen molar-refractivity contribution >= 4 is 5.91 Å². The predicted octanol–water partition coefficient (Wildman–Crippen LogP) is 2.27. The second kappa shape index (κ2) is 6.66. The van der Waals surface area contributed by atoms with E-state index in [-0.39, 0.29) is 11.9 Å². The molecule has 1 atom stereocenters. The molecule has 0 unspecified atom stereocenters. The number of rotatable bonds is 4. The van der Waals surface area contributed by atoms with Crippen LogP contribution < -0.4 is 4.74 Å². The number of nitrogens with zero attached hydrogens (tertiary/aromatic N) is 5. The van der Waals surface area contributed by atoms with Gasteiger partial charge in [0.15, 0.2) is 11.6 Å². The van der Waals surface area contributed by atoms with Crippen molar-refractivity contribution in [1.82, 2.24) is 24.6 Å². The summed E-state index contributed by atoms with van der Waals surface area (Å²) >= 11 is 0. The number of ether oxygens (including phenoxy) is 1. The molecule has 0 saturated heterocycles. The van der Waals surface area contributed by atoms with Crippen LogP contribution in [0.25, 0.3) is 0 Å². The maximum absolute atomic E-state index is 12.7. The van der Waals surface area contributed by atoms with Crippen LogP contribution in [0.4, 0.5) is 0 Å². The molecular formula is C18H21N5O2. The van der Waals surface area contributed by atoms with Crippen molar-refractivity contribution in [2.24, 2.45) is 0 Å². The molecule has 1 aliphatic heterocycles. The topological polar surface area (TPSA) is 73.1 Å². The molecule has 0 saturated carbocycles. The fourth-order valence-electron chi connectivity index (χ4n) is 3.45. The third kappa shape index (κ3) is 3.01. The first-order valence-electron chi connectivity index (χ1n) is 8.70. The molecule has 3 heterocycles. The van der Waals surface area contributed by atoms with Gasteiger partial charge in [0.05, 0.1) is 6.04 Å². The summed E-state index contributed by atoms with van der Waals surface area (Å²) in [4.78, 5) is 18.8. The van der Waals surface area contributed by atoms with Gasteiger partial charge >= 0.3 is 0 Å². The summed E-state index contributed by atoms with van der Waals surface area (Å²) in [6.45, 7) is 3.68. The first-order valence-corrected chi connectivity index (χ1v) is 8.70. The maximum atomic E-state index is 12.7. The quantitative estimate of drug-likeness (QED) is 0.854. The third-order valence-corrected chi connectivity index (χ3v) is 4.83. The Morgan fingerprint density at radius 1 is 1.32 bits per heavy atom. The van der Waals surface area contributed by atoms with Crippen LogP contribution in [0.2, 0.25) is 0 Å². The molecule has 130 valence electrons. The molecule has 0 aromatic carbocycles. The minimum atomic E-state index is -0.0844. The molecule has 25 heavy (non-hydrogen) atoms. The third-order valence-electron chi connectivity index (χ3n) is 4.83. The lowest BCUT2D eigenvalue weighted by Gasteiger charge is -2.34. The second-order valence-electron chi connectivity index (χ2n) is 6.38. The van der Waals surface area contributed by atoms with Crippen molar-refractivity contribution in [2.45, 2.75) is 45.4 Å². The van der Waals surface area contributed by atoms with Crippen molar-refractivity contribution in [2.75, 3.05) is 6.54 Å². The van der Waals surface area contributed by atoms with Crippen LogP contribution >= 0.6 is 0 Å². The summed E-state index contributed by atoms with van der Waals surface area (Å²) in [6, 6.07) is 5.45. The van der Waals surface area contributed by atoms with Gasteiger partial charge in [0, 0.05) is 30.9 Å². The van der Waals surface area contributed by atoms with E-state index in [2.05, 4.69) is 25.8 Å². The van der Waals surface area contributed by atoms with E-state index in [1.54, 1.807) is 6.20 Å². The number of pyridine rings is 1. The highest BCUT2D eigenvalue weighted by Gasteiger charge is 2.32. The molecule has 7 heteroatoms. The number of hydrogen-bond acceptors (Lipinski definition) is 5. The minimum Gasteiger partial charge on any atom is -0.469 e. The number of fused-ring (bicyclic) bond motifs is 1. The zero-order chi connectivity index (χ0) is 17.2. The average molecular weight is 339 g/mol. The summed E-state index contributed by atoms with van der Waals surface area (Å²) in [5.41, 5.74) is 0.943. The van der Waals surface area contributed by atoms with Crippen molar-refractivity contribution in [3.63, 3.8) is 0 Å². The van der Waals surface area contributed by atoms with Crippen LogP contribution in [-0.4, -0.2) is 37.1 Å². The normalized spacial score (nSPS) is 19.5. The van der Waals surface area contributed by atoms with Crippen molar-refractivity contribution < 1.29 is 9.53 Å². The summed E-state index contributed by atoms with van der Waals surface area (Å²) in [5, 5.41) is 8.57. The molecule has 1 amide bonds. The zero-order valence-corrected chi connectivity index (χ0v) is 14.3. The van der Waals surface area contributed by atoms with Gasteiger partial charge in [-0.05, 0) is 32.3 Å². The minimum absolute atomic E-state index is 0.0844. The van der Waals surface area contributed by atoms with Crippen molar-refractivity contribution in [1.29, 1.82) is 0 Å². The Morgan fingerprint density at radius 2 is 2.24 bits per heavy atom. The molecule has 0 radical (unpaired) electrons. The molecule has 0 bridgehead atoms. The van der Waals surface area contributed by atoms with Crippen LogP contribution in [0.3, 0.4) is 0 Å². The molecule has 0 fully saturated rings. The van der Waals surface area contributed by atoms with E-state index in [1.807, 2.05) is 30.0 Å². The number of allylic oxidation sites excluding steroid dienone is 1. The van der Waals surface area contributed by atoms with Gasteiger partial charge in [0.25, 0.3) is 0 Å². The molecule has 2 aromatic rings. The monoisotopic (exact) mass is 339 g/mol. The van der Waals surface area contributed by atoms with Crippen LogP contribution in [0.15, 0.2) is 36.0 Å². The molecule has 4 rings (SSSR count). The Kier molecular flexibility index (Phi) is 4.21. The highest BCUT2D eigenvalue weighted by molar-refractivity contribution is 5.94. The Morgan fingerprint density at radius 3 is 3.00 bits per heavy atom. The van der Waals surface area contributed by atoms with E-state index >= 15 is 0 Å². The van der Waals surface area contributed by atoms with Gasteiger partial charge in [-0.3, -0.25) is 4.79 Å². The Labute approximate surface area is 146 Å².